The van der Waals surface area contributed by atoms with Crippen molar-refractivity contribution in [2.24, 2.45) is 0 Å². The molecule has 20 heavy (non-hydrogen) atoms. The molecule has 2 rings (SSSR count). The molecule has 0 amide bonds. The second-order valence-electron chi connectivity index (χ2n) is 4.74. The third-order valence-electron chi connectivity index (χ3n) is 3.13. The number of ether oxygens (including phenoxy) is 1. The first kappa shape index (κ1) is 16.4. The van der Waals surface area contributed by atoms with Gasteiger partial charge in [-0.15, -0.1) is 12.4 Å². The first-order valence-electron chi connectivity index (χ1n) is 6.84. The molecule has 108 valence electrons. The average Bonchev–Trinajstić information content (AvgIpc) is 2.45. The van der Waals surface area contributed by atoms with E-state index in [1.165, 1.54) is 24.0 Å². The average molecular weight is 292 g/mol. The van der Waals surface area contributed by atoms with Crippen LogP contribution in [0.5, 0.6) is 5.75 Å². The molecule has 0 saturated carbocycles. The van der Waals surface area contributed by atoms with Crippen molar-refractivity contribution in [2.45, 2.75) is 32.8 Å². The van der Waals surface area contributed by atoms with Crippen LogP contribution in [-0.4, -0.2) is 0 Å². The summed E-state index contributed by atoms with van der Waals surface area (Å²) in [5, 5.41) is 0. The van der Waals surface area contributed by atoms with Crippen molar-refractivity contribution in [3.8, 4) is 5.75 Å². The standard InChI is InChI=1S/C17H21NO.ClH/c1-2-3-9-15-10-11-16(18)12-17(15)19-13-14-7-5-4-6-8-14;/h4-8,10-12H,2-3,9,13,18H2,1H3;1H. The van der Waals surface area contributed by atoms with Gasteiger partial charge in [-0.25, -0.2) is 0 Å². The maximum atomic E-state index is 5.92. The fraction of sp³-hybridized carbons (Fsp3) is 0.294. The highest BCUT2D eigenvalue weighted by molar-refractivity contribution is 5.85. The van der Waals surface area contributed by atoms with Gasteiger partial charge in [-0.1, -0.05) is 49.7 Å². The summed E-state index contributed by atoms with van der Waals surface area (Å²) >= 11 is 0. The molecule has 0 atom stereocenters. The van der Waals surface area contributed by atoms with Crippen LogP contribution in [0.25, 0.3) is 0 Å². The number of hydrogen-bond donors (Lipinski definition) is 1. The minimum Gasteiger partial charge on any atom is -0.489 e. The maximum Gasteiger partial charge on any atom is 0.125 e. The quantitative estimate of drug-likeness (QED) is 0.789. The summed E-state index contributed by atoms with van der Waals surface area (Å²) in [6.07, 6.45) is 3.40. The lowest BCUT2D eigenvalue weighted by molar-refractivity contribution is 0.303. The molecular formula is C17H22ClNO. The molecule has 0 aromatic heterocycles. The molecule has 2 N–H and O–H groups in total. The van der Waals surface area contributed by atoms with E-state index in [0.717, 1.165) is 17.9 Å². The summed E-state index contributed by atoms with van der Waals surface area (Å²) in [6.45, 7) is 2.78. The summed E-state index contributed by atoms with van der Waals surface area (Å²) in [6, 6.07) is 16.1. The van der Waals surface area contributed by atoms with Crippen molar-refractivity contribution in [3.05, 3.63) is 59.7 Å². The number of anilines is 1. The lowest BCUT2D eigenvalue weighted by atomic mass is 10.1. The molecule has 0 unspecified atom stereocenters. The molecule has 2 aromatic rings. The highest BCUT2D eigenvalue weighted by atomic mass is 35.5. The van der Waals surface area contributed by atoms with E-state index in [9.17, 15) is 0 Å². The normalized spacial score (nSPS) is 9.85. The van der Waals surface area contributed by atoms with Gasteiger partial charge in [-0.3, -0.25) is 0 Å². The minimum absolute atomic E-state index is 0. The van der Waals surface area contributed by atoms with Gasteiger partial charge in [0, 0.05) is 11.8 Å². The summed E-state index contributed by atoms with van der Waals surface area (Å²) in [5.41, 5.74) is 9.01. The van der Waals surface area contributed by atoms with Crippen molar-refractivity contribution in [3.63, 3.8) is 0 Å². The number of nitrogens with two attached hydrogens (primary N) is 1. The summed E-state index contributed by atoms with van der Waals surface area (Å²) in [7, 11) is 0. The number of halogens is 1. The molecule has 0 aliphatic rings. The van der Waals surface area contributed by atoms with Gasteiger partial charge in [0.05, 0.1) is 0 Å². The van der Waals surface area contributed by atoms with Crippen LogP contribution in [0.1, 0.15) is 30.9 Å². The second-order valence-corrected chi connectivity index (χ2v) is 4.74. The Morgan fingerprint density at radius 3 is 2.50 bits per heavy atom. The summed E-state index contributed by atoms with van der Waals surface area (Å²) < 4.78 is 5.92. The molecule has 0 heterocycles. The molecule has 2 aromatic carbocycles. The monoisotopic (exact) mass is 291 g/mol. The van der Waals surface area contributed by atoms with Crippen molar-refractivity contribution < 1.29 is 4.74 Å². The molecule has 2 nitrogen and oxygen atoms in total. The second kappa shape index (κ2) is 8.49. The molecule has 0 aliphatic heterocycles. The zero-order chi connectivity index (χ0) is 13.5. The van der Waals surface area contributed by atoms with Crippen LogP contribution >= 0.6 is 12.4 Å². The van der Waals surface area contributed by atoms with E-state index < -0.39 is 0 Å². The molecule has 0 spiro atoms. The van der Waals surface area contributed by atoms with Crippen LogP contribution in [0.2, 0.25) is 0 Å². The van der Waals surface area contributed by atoms with Gasteiger partial charge < -0.3 is 10.5 Å². The predicted molar refractivity (Wildman–Crippen MR) is 87.5 cm³/mol. The lowest BCUT2D eigenvalue weighted by Gasteiger charge is -2.12. The van der Waals surface area contributed by atoms with E-state index in [4.69, 9.17) is 10.5 Å². The van der Waals surface area contributed by atoms with Crippen LogP contribution in [0, 0.1) is 0 Å². The Balaban J connectivity index is 0.00000200. The third kappa shape index (κ3) is 4.78. The van der Waals surface area contributed by atoms with Crippen molar-refractivity contribution >= 4 is 18.1 Å². The number of unbranched alkanes of at least 4 members (excludes halogenated alkanes) is 1. The van der Waals surface area contributed by atoms with Crippen LogP contribution < -0.4 is 10.5 Å². The van der Waals surface area contributed by atoms with Crippen LogP contribution in [0.4, 0.5) is 5.69 Å². The van der Waals surface area contributed by atoms with E-state index >= 15 is 0 Å². The van der Waals surface area contributed by atoms with E-state index in [-0.39, 0.29) is 12.4 Å². The molecule has 0 radical (unpaired) electrons. The predicted octanol–water partition coefficient (Wildman–Crippen LogP) is 4.61. The maximum absolute atomic E-state index is 5.92. The van der Waals surface area contributed by atoms with Crippen molar-refractivity contribution in [1.82, 2.24) is 0 Å². The molecule has 0 saturated heterocycles. The Kier molecular flexibility index (Phi) is 6.96. The van der Waals surface area contributed by atoms with E-state index in [1.54, 1.807) is 0 Å². The molecule has 3 heteroatoms. The highest BCUT2D eigenvalue weighted by Crippen LogP contribution is 2.24. The van der Waals surface area contributed by atoms with Crippen LogP contribution in [-0.2, 0) is 13.0 Å². The minimum atomic E-state index is 0. The zero-order valence-corrected chi connectivity index (χ0v) is 12.7. The summed E-state index contributed by atoms with van der Waals surface area (Å²) in [5.74, 6) is 0.914. The van der Waals surface area contributed by atoms with Gasteiger partial charge >= 0.3 is 0 Å². The van der Waals surface area contributed by atoms with Crippen LogP contribution in [0.15, 0.2) is 48.5 Å². The zero-order valence-electron chi connectivity index (χ0n) is 11.8. The van der Waals surface area contributed by atoms with Gasteiger partial charge in [0.25, 0.3) is 0 Å². The van der Waals surface area contributed by atoms with Crippen molar-refractivity contribution in [1.29, 1.82) is 0 Å². The van der Waals surface area contributed by atoms with Gasteiger partial charge in [0.1, 0.15) is 12.4 Å². The smallest absolute Gasteiger partial charge is 0.125 e. The van der Waals surface area contributed by atoms with Gasteiger partial charge in [-0.2, -0.15) is 0 Å². The topological polar surface area (TPSA) is 35.2 Å². The molecule has 0 bridgehead atoms. The van der Waals surface area contributed by atoms with Gasteiger partial charge in [-0.05, 0) is 30.0 Å². The Labute approximate surface area is 127 Å². The largest absolute Gasteiger partial charge is 0.489 e. The van der Waals surface area contributed by atoms with Crippen molar-refractivity contribution in [2.75, 3.05) is 5.73 Å². The highest BCUT2D eigenvalue weighted by Gasteiger charge is 2.04. The number of benzene rings is 2. The first-order chi connectivity index (χ1) is 9.29. The van der Waals surface area contributed by atoms with E-state index in [0.29, 0.717) is 6.61 Å². The SMILES string of the molecule is CCCCc1ccc(N)cc1OCc1ccccc1.Cl. The number of hydrogen-bond acceptors (Lipinski definition) is 2. The fourth-order valence-electron chi connectivity index (χ4n) is 2.01. The van der Waals surface area contributed by atoms with Gasteiger partial charge in [0.15, 0.2) is 0 Å². The summed E-state index contributed by atoms with van der Waals surface area (Å²) in [4.78, 5) is 0. The lowest BCUT2D eigenvalue weighted by Crippen LogP contribution is -2.00. The van der Waals surface area contributed by atoms with E-state index in [2.05, 4.69) is 25.1 Å². The number of aryl methyl sites for hydroxylation is 1. The first-order valence-corrected chi connectivity index (χ1v) is 6.84. The Bertz CT molecular complexity index is 514. The van der Waals surface area contributed by atoms with E-state index in [1.807, 2.05) is 30.3 Å². The molecular weight excluding hydrogens is 270 g/mol. The Morgan fingerprint density at radius 2 is 1.80 bits per heavy atom. The molecule has 0 aliphatic carbocycles. The van der Waals surface area contributed by atoms with Crippen LogP contribution in [0.3, 0.4) is 0 Å². The van der Waals surface area contributed by atoms with Gasteiger partial charge in [0.2, 0.25) is 0 Å². The Morgan fingerprint density at radius 1 is 1.05 bits per heavy atom. The fourth-order valence-corrected chi connectivity index (χ4v) is 2.01. The Hall–Kier alpha value is -1.67. The molecule has 0 fully saturated rings. The number of rotatable bonds is 6. The number of nitrogen functional groups attached to an aromatic ring is 1. The third-order valence-corrected chi connectivity index (χ3v) is 3.13.